The topological polar surface area (TPSA) is 45.5 Å². The highest BCUT2D eigenvalue weighted by atomic mass is 16.3. The molecule has 3 rings (SSSR count). The minimum Gasteiger partial charge on any atom is -0.464 e. The molecule has 18 heavy (non-hydrogen) atoms. The molecule has 0 bridgehead atoms. The van der Waals surface area contributed by atoms with Gasteiger partial charge in [0, 0.05) is 19.0 Å². The first-order chi connectivity index (χ1) is 8.69. The van der Waals surface area contributed by atoms with Crippen LogP contribution in [0.15, 0.2) is 16.5 Å². The molecule has 98 valence electrons. The van der Waals surface area contributed by atoms with Gasteiger partial charge < -0.3 is 14.6 Å². The van der Waals surface area contributed by atoms with Crippen LogP contribution in [0.2, 0.25) is 0 Å². The molecular formula is C14H20N2O2. The molecular weight excluding hydrogens is 228 g/mol. The van der Waals surface area contributed by atoms with E-state index in [2.05, 4.69) is 18.3 Å². The van der Waals surface area contributed by atoms with E-state index in [0.717, 1.165) is 30.3 Å². The van der Waals surface area contributed by atoms with E-state index in [1.54, 1.807) is 7.05 Å². The zero-order valence-electron chi connectivity index (χ0n) is 11.0. The van der Waals surface area contributed by atoms with Crippen LogP contribution in [0.5, 0.6) is 0 Å². The quantitative estimate of drug-likeness (QED) is 0.890. The Kier molecular flexibility index (Phi) is 2.80. The number of carbonyl (C=O) groups is 1. The number of nitrogens with one attached hydrogen (secondary N) is 1. The summed E-state index contributed by atoms with van der Waals surface area (Å²) in [5, 5.41) is 2.70. The van der Waals surface area contributed by atoms with Crippen LogP contribution in [0.1, 0.15) is 43.6 Å². The smallest absolute Gasteiger partial charge is 0.317 e. The summed E-state index contributed by atoms with van der Waals surface area (Å²) in [5.41, 5.74) is 0. The van der Waals surface area contributed by atoms with Crippen LogP contribution < -0.4 is 5.32 Å². The molecule has 2 aliphatic rings. The first kappa shape index (κ1) is 11.6. The van der Waals surface area contributed by atoms with E-state index in [-0.39, 0.29) is 6.03 Å². The molecule has 0 radical (unpaired) electrons. The van der Waals surface area contributed by atoms with Crippen LogP contribution in [0.3, 0.4) is 0 Å². The minimum atomic E-state index is -0.00441. The predicted molar refractivity (Wildman–Crippen MR) is 68.3 cm³/mol. The largest absolute Gasteiger partial charge is 0.464 e. The summed E-state index contributed by atoms with van der Waals surface area (Å²) in [6, 6.07) is 4.48. The number of hydrogen-bond acceptors (Lipinski definition) is 2. The van der Waals surface area contributed by atoms with Gasteiger partial charge in [-0.3, -0.25) is 0 Å². The van der Waals surface area contributed by atoms with Gasteiger partial charge in [-0.15, -0.1) is 0 Å². The highest BCUT2D eigenvalue weighted by Crippen LogP contribution is 2.47. The molecule has 2 aliphatic carbocycles. The lowest BCUT2D eigenvalue weighted by Gasteiger charge is -2.20. The molecule has 0 aromatic carbocycles. The fourth-order valence-electron chi connectivity index (χ4n) is 2.46. The average molecular weight is 248 g/mol. The Morgan fingerprint density at radius 2 is 2.22 bits per heavy atom. The maximum atomic E-state index is 11.8. The molecule has 2 amide bonds. The number of rotatable bonds is 4. The van der Waals surface area contributed by atoms with E-state index < -0.39 is 0 Å². The fourth-order valence-corrected chi connectivity index (χ4v) is 2.46. The maximum absolute atomic E-state index is 11.8. The first-order valence-corrected chi connectivity index (χ1v) is 6.76. The van der Waals surface area contributed by atoms with Crippen molar-refractivity contribution in [2.75, 3.05) is 7.05 Å². The molecule has 2 unspecified atom stereocenters. The third kappa shape index (κ3) is 2.24. The summed E-state index contributed by atoms with van der Waals surface area (Å²) < 4.78 is 5.86. The Bertz CT molecular complexity index is 450. The van der Waals surface area contributed by atoms with Crippen molar-refractivity contribution in [3.05, 3.63) is 23.7 Å². The number of furan rings is 1. The Balaban J connectivity index is 1.66. The van der Waals surface area contributed by atoms with Crippen LogP contribution in [-0.2, 0) is 6.54 Å². The Hall–Kier alpha value is -1.45. The van der Waals surface area contributed by atoms with Gasteiger partial charge in [-0.05, 0) is 37.3 Å². The highest BCUT2D eigenvalue weighted by Gasteiger charge is 2.37. The van der Waals surface area contributed by atoms with E-state index in [1.165, 1.54) is 6.42 Å². The van der Waals surface area contributed by atoms with Crippen LogP contribution in [0.25, 0.3) is 0 Å². The van der Waals surface area contributed by atoms with Crippen molar-refractivity contribution in [3.63, 3.8) is 0 Å². The SMILES string of the molecule is CNC(=O)N(Cc1ccc(C2CC2C)o1)C1CC1. The van der Waals surface area contributed by atoms with E-state index in [9.17, 15) is 4.79 Å². The van der Waals surface area contributed by atoms with E-state index in [0.29, 0.717) is 18.5 Å². The summed E-state index contributed by atoms with van der Waals surface area (Å²) in [6.07, 6.45) is 3.45. The summed E-state index contributed by atoms with van der Waals surface area (Å²) in [4.78, 5) is 13.6. The minimum absolute atomic E-state index is 0.00441. The van der Waals surface area contributed by atoms with Crippen LogP contribution in [0, 0.1) is 5.92 Å². The van der Waals surface area contributed by atoms with Gasteiger partial charge >= 0.3 is 6.03 Å². The van der Waals surface area contributed by atoms with Gasteiger partial charge in [-0.1, -0.05) is 6.92 Å². The summed E-state index contributed by atoms with van der Waals surface area (Å²) in [7, 11) is 1.68. The van der Waals surface area contributed by atoms with Crippen molar-refractivity contribution < 1.29 is 9.21 Å². The first-order valence-electron chi connectivity index (χ1n) is 6.76. The van der Waals surface area contributed by atoms with Gasteiger partial charge in [-0.25, -0.2) is 4.79 Å². The summed E-state index contributed by atoms with van der Waals surface area (Å²) in [6.45, 7) is 2.83. The zero-order chi connectivity index (χ0) is 12.7. The number of hydrogen-bond donors (Lipinski definition) is 1. The molecule has 2 saturated carbocycles. The third-order valence-corrected chi connectivity index (χ3v) is 3.95. The highest BCUT2D eigenvalue weighted by molar-refractivity contribution is 5.74. The Labute approximate surface area is 107 Å². The zero-order valence-corrected chi connectivity index (χ0v) is 11.0. The van der Waals surface area contributed by atoms with Gasteiger partial charge in [0.15, 0.2) is 0 Å². The second-order valence-corrected chi connectivity index (χ2v) is 5.54. The lowest BCUT2D eigenvalue weighted by Crippen LogP contribution is -2.38. The van der Waals surface area contributed by atoms with Gasteiger partial charge in [-0.2, -0.15) is 0 Å². The van der Waals surface area contributed by atoms with E-state index >= 15 is 0 Å². The molecule has 1 heterocycles. The van der Waals surface area contributed by atoms with E-state index in [1.807, 2.05) is 11.0 Å². The molecule has 0 saturated heterocycles. The van der Waals surface area contributed by atoms with Crippen molar-refractivity contribution in [2.45, 2.75) is 44.7 Å². The van der Waals surface area contributed by atoms with Gasteiger partial charge in [0.25, 0.3) is 0 Å². The lowest BCUT2D eigenvalue weighted by atomic mass is 10.3. The molecule has 1 aromatic heterocycles. The molecule has 0 spiro atoms. The standard InChI is InChI=1S/C14H20N2O2/c1-9-7-12(9)13-6-5-11(18-13)8-16(10-3-4-10)14(17)15-2/h5-6,9-10,12H,3-4,7-8H2,1-2H3,(H,15,17). The monoisotopic (exact) mass is 248 g/mol. The van der Waals surface area contributed by atoms with Crippen LogP contribution >= 0.6 is 0 Å². The molecule has 2 fully saturated rings. The van der Waals surface area contributed by atoms with Gasteiger partial charge in [0.2, 0.25) is 0 Å². The maximum Gasteiger partial charge on any atom is 0.317 e. The number of nitrogens with zero attached hydrogens (tertiary/aromatic N) is 1. The predicted octanol–water partition coefficient (Wildman–Crippen LogP) is 2.71. The van der Waals surface area contributed by atoms with Crippen LogP contribution in [0.4, 0.5) is 4.79 Å². The Morgan fingerprint density at radius 1 is 1.50 bits per heavy atom. The average Bonchev–Trinajstić information content (AvgIpc) is 3.28. The van der Waals surface area contributed by atoms with E-state index in [4.69, 9.17) is 4.42 Å². The molecule has 1 aromatic rings. The number of amides is 2. The molecule has 4 heteroatoms. The van der Waals surface area contributed by atoms with Gasteiger partial charge in [0.1, 0.15) is 11.5 Å². The second kappa shape index (κ2) is 4.34. The Morgan fingerprint density at radius 3 is 2.78 bits per heavy atom. The number of carbonyl (C=O) groups excluding carboxylic acids is 1. The van der Waals surface area contributed by atoms with Crippen molar-refractivity contribution >= 4 is 6.03 Å². The molecule has 0 aliphatic heterocycles. The van der Waals surface area contributed by atoms with Crippen molar-refractivity contribution in [1.29, 1.82) is 0 Å². The molecule has 4 nitrogen and oxygen atoms in total. The summed E-state index contributed by atoms with van der Waals surface area (Å²) in [5.74, 6) is 3.35. The molecule has 1 N–H and O–H groups in total. The molecule has 2 atom stereocenters. The van der Waals surface area contributed by atoms with Crippen molar-refractivity contribution in [3.8, 4) is 0 Å². The fraction of sp³-hybridized carbons (Fsp3) is 0.643. The second-order valence-electron chi connectivity index (χ2n) is 5.54. The van der Waals surface area contributed by atoms with Crippen molar-refractivity contribution in [1.82, 2.24) is 10.2 Å². The third-order valence-electron chi connectivity index (χ3n) is 3.95. The normalized spacial score (nSPS) is 25.9. The van der Waals surface area contributed by atoms with Gasteiger partial charge in [0.05, 0.1) is 6.54 Å². The van der Waals surface area contributed by atoms with Crippen molar-refractivity contribution in [2.24, 2.45) is 5.92 Å². The van der Waals surface area contributed by atoms with Crippen LogP contribution in [-0.4, -0.2) is 24.0 Å². The number of urea groups is 1. The lowest BCUT2D eigenvalue weighted by molar-refractivity contribution is 0.188. The summed E-state index contributed by atoms with van der Waals surface area (Å²) >= 11 is 0.